The number of nitriles is 1. The Hall–Kier alpha value is -4.10. The van der Waals surface area contributed by atoms with Crippen LogP contribution < -0.4 is 19.7 Å². The minimum Gasteiger partial charge on any atom is -0.476 e. The summed E-state index contributed by atoms with van der Waals surface area (Å²) in [4.78, 5) is 25.1. The van der Waals surface area contributed by atoms with Crippen LogP contribution in [0.4, 0.5) is 25.0 Å². The highest BCUT2D eigenvalue weighted by atomic mass is 32.1. The fourth-order valence-electron chi connectivity index (χ4n) is 3.01. The number of hydrogen-bond donors (Lipinski definition) is 3. The number of nitrogens with zero attached hydrogens (tertiary/aromatic N) is 2. The second-order valence-corrected chi connectivity index (χ2v) is 7.50. The summed E-state index contributed by atoms with van der Waals surface area (Å²) in [5.74, 6) is -1.70. The summed E-state index contributed by atoms with van der Waals surface area (Å²) >= 11 is 4.23. The molecule has 1 atom stereocenters. The number of benzene rings is 3. The molecular formula is C24H20F2N4O3S. The molecule has 0 spiro atoms. The molecule has 10 heteroatoms. The van der Waals surface area contributed by atoms with Gasteiger partial charge in [0.05, 0.1) is 23.0 Å². The maximum atomic E-state index is 13.9. The number of thiol groups is 1. The zero-order valence-electron chi connectivity index (χ0n) is 18.0. The monoisotopic (exact) mass is 482 g/mol. The van der Waals surface area contributed by atoms with E-state index < -0.39 is 23.8 Å². The van der Waals surface area contributed by atoms with E-state index >= 15 is 0 Å². The Morgan fingerprint density at radius 2 is 1.82 bits per heavy atom. The molecule has 3 amide bonds. The van der Waals surface area contributed by atoms with Gasteiger partial charge in [0.25, 0.3) is 5.91 Å². The average molecular weight is 483 g/mol. The SMILES string of the molecule is CC(NC(=O)N(S)c1ccc(NC(=O)c2ccccc2F)c(OCC#N)c1)c1ccc(F)cc1. The Kier molecular flexibility index (Phi) is 8.05. The van der Waals surface area contributed by atoms with E-state index in [0.717, 1.165) is 10.4 Å². The van der Waals surface area contributed by atoms with E-state index in [1.807, 2.05) is 6.07 Å². The number of anilines is 2. The summed E-state index contributed by atoms with van der Waals surface area (Å²) in [6.45, 7) is 1.40. The molecule has 0 heterocycles. The Morgan fingerprint density at radius 3 is 2.50 bits per heavy atom. The highest BCUT2D eigenvalue weighted by Gasteiger charge is 2.19. The van der Waals surface area contributed by atoms with Gasteiger partial charge in [0, 0.05) is 6.07 Å². The number of hydrogen-bond acceptors (Lipinski definition) is 5. The lowest BCUT2D eigenvalue weighted by atomic mass is 10.1. The first-order chi connectivity index (χ1) is 16.3. The van der Waals surface area contributed by atoms with Gasteiger partial charge in [-0.05, 0) is 48.9 Å². The third-order valence-electron chi connectivity index (χ3n) is 4.77. The van der Waals surface area contributed by atoms with Gasteiger partial charge in [-0.1, -0.05) is 37.1 Å². The Bertz CT molecular complexity index is 1230. The Morgan fingerprint density at radius 1 is 1.12 bits per heavy atom. The van der Waals surface area contributed by atoms with E-state index in [2.05, 4.69) is 23.4 Å². The molecule has 0 aliphatic carbocycles. The molecule has 34 heavy (non-hydrogen) atoms. The summed E-state index contributed by atoms with van der Waals surface area (Å²) in [5, 5.41) is 14.2. The molecule has 174 valence electrons. The van der Waals surface area contributed by atoms with Crippen molar-refractivity contribution in [2.75, 3.05) is 16.2 Å². The maximum Gasteiger partial charge on any atom is 0.332 e. The molecule has 0 bridgehead atoms. The summed E-state index contributed by atoms with van der Waals surface area (Å²) in [5.41, 5.74) is 0.988. The van der Waals surface area contributed by atoms with Crippen molar-refractivity contribution in [3.05, 3.63) is 89.5 Å². The number of nitrogens with one attached hydrogen (secondary N) is 2. The number of ether oxygens (including phenoxy) is 1. The topological polar surface area (TPSA) is 94.5 Å². The van der Waals surface area contributed by atoms with Crippen LogP contribution in [-0.4, -0.2) is 18.5 Å². The van der Waals surface area contributed by atoms with Gasteiger partial charge < -0.3 is 15.4 Å². The van der Waals surface area contributed by atoms with Crippen LogP contribution in [0.25, 0.3) is 0 Å². The van der Waals surface area contributed by atoms with Crippen molar-refractivity contribution in [3.63, 3.8) is 0 Å². The normalized spacial score (nSPS) is 11.1. The molecular weight excluding hydrogens is 462 g/mol. The van der Waals surface area contributed by atoms with Crippen molar-refractivity contribution in [2.24, 2.45) is 0 Å². The van der Waals surface area contributed by atoms with Crippen LogP contribution in [0.15, 0.2) is 66.7 Å². The minimum absolute atomic E-state index is 0.0853. The zero-order chi connectivity index (χ0) is 24.7. The van der Waals surface area contributed by atoms with Crippen LogP contribution in [0.3, 0.4) is 0 Å². The van der Waals surface area contributed by atoms with Gasteiger partial charge in [0.15, 0.2) is 6.61 Å². The molecule has 0 saturated carbocycles. The Balaban J connectivity index is 1.78. The van der Waals surface area contributed by atoms with Gasteiger partial charge in [-0.25, -0.2) is 17.9 Å². The van der Waals surface area contributed by atoms with Crippen molar-refractivity contribution >= 4 is 36.1 Å². The molecule has 3 aromatic carbocycles. The van der Waals surface area contributed by atoms with Crippen LogP contribution in [0.2, 0.25) is 0 Å². The molecule has 0 radical (unpaired) electrons. The van der Waals surface area contributed by atoms with Gasteiger partial charge in [0.2, 0.25) is 0 Å². The largest absolute Gasteiger partial charge is 0.476 e. The minimum atomic E-state index is -0.707. The van der Waals surface area contributed by atoms with Crippen molar-refractivity contribution in [2.45, 2.75) is 13.0 Å². The first-order valence-electron chi connectivity index (χ1n) is 10.0. The van der Waals surface area contributed by atoms with Crippen LogP contribution in [-0.2, 0) is 0 Å². The summed E-state index contributed by atoms with van der Waals surface area (Å²) in [7, 11) is 0. The van der Waals surface area contributed by atoms with E-state index in [4.69, 9.17) is 10.00 Å². The van der Waals surface area contributed by atoms with Crippen molar-refractivity contribution < 1.29 is 23.1 Å². The van der Waals surface area contributed by atoms with Crippen LogP contribution in [0, 0.1) is 23.0 Å². The van der Waals surface area contributed by atoms with E-state index in [9.17, 15) is 18.4 Å². The smallest absolute Gasteiger partial charge is 0.332 e. The fraction of sp³-hybridized carbons (Fsp3) is 0.125. The lowest BCUT2D eigenvalue weighted by Crippen LogP contribution is -2.35. The molecule has 0 fully saturated rings. The molecule has 3 rings (SSSR count). The number of amides is 3. The maximum absolute atomic E-state index is 13.9. The molecule has 0 aliphatic heterocycles. The quantitative estimate of drug-likeness (QED) is 0.402. The lowest BCUT2D eigenvalue weighted by Gasteiger charge is -2.22. The summed E-state index contributed by atoms with van der Waals surface area (Å²) < 4.78 is 33.5. The second kappa shape index (κ2) is 11.2. The highest BCUT2D eigenvalue weighted by molar-refractivity contribution is 7.82. The lowest BCUT2D eigenvalue weighted by molar-refractivity contribution is 0.102. The number of halogens is 2. The highest BCUT2D eigenvalue weighted by Crippen LogP contribution is 2.32. The summed E-state index contributed by atoms with van der Waals surface area (Å²) in [6, 6.07) is 16.4. The van der Waals surface area contributed by atoms with Gasteiger partial charge in [-0.15, -0.1) is 0 Å². The number of rotatable bonds is 7. The van der Waals surface area contributed by atoms with E-state index in [0.29, 0.717) is 5.56 Å². The van der Waals surface area contributed by atoms with Gasteiger partial charge in [-0.2, -0.15) is 5.26 Å². The average Bonchev–Trinajstić information content (AvgIpc) is 2.83. The van der Waals surface area contributed by atoms with Crippen molar-refractivity contribution in [1.29, 1.82) is 5.26 Å². The Labute approximate surface area is 200 Å². The predicted molar refractivity (Wildman–Crippen MR) is 127 cm³/mol. The molecule has 0 saturated heterocycles. The number of carbonyl (C=O) groups excluding carboxylic acids is 2. The van der Waals surface area contributed by atoms with E-state index in [1.54, 1.807) is 19.1 Å². The van der Waals surface area contributed by atoms with Crippen molar-refractivity contribution in [3.8, 4) is 11.8 Å². The number of urea groups is 1. The van der Waals surface area contributed by atoms with Gasteiger partial charge in [-0.3, -0.25) is 4.79 Å². The molecule has 2 N–H and O–H groups in total. The van der Waals surface area contributed by atoms with Crippen molar-refractivity contribution in [1.82, 2.24) is 5.32 Å². The molecule has 1 unspecified atom stereocenters. The standard InChI is InChI=1S/C24H20F2N4O3S/c1-15(16-6-8-17(25)9-7-16)28-24(32)30(34)18-10-11-21(22(14-18)33-13-12-27)29-23(31)19-4-2-3-5-20(19)26/h2-11,14-15,34H,13H2,1H3,(H,28,32)(H,29,31). The second-order valence-electron chi connectivity index (χ2n) is 7.10. The van der Waals surface area contributed by atoms with Crippen LogP contribution in [0.1, 0.15) is 28.9 Å². The van der Waals surface area contributed by atoms with Crippen LogP contribution >= 0.6 is 12.8 Å². The molecule has 0 aromatic heterocycles. The number of carbonyl (C=O) groups is 2. The molecule has 3 aromatic rings. The molecule has 7 nitrogen and oxygen atoms in total. The zero-order valence-corrected chi connectivity index (χ0v) is 18.9. The third-order valence-corrected chi connectivity index (χ3v) is 5.18. The summed E-state index contributed by atoms with van der Waals surface area (Å²) in [6.07, 6.45) is 0. The first kappa shape index (κ1) is 24.5. The van der Waals surface area contributed by atoms with E-state index in [1.165, 1.54) is 48.5 Å². The van der Waals surface area contributed by atoms with E-state index in [-0.39, 0.29) is 35.1 Å². The van der Waals surface area contributed by atoms with Gasteiger partial charge in [0.1, 0.15) is 23.5 Å². The fourth-order valence-corrected chi connectivity index (χ4v) is 3.19. The third kappa shape index (κ3) is 6.02. The first-order valence-corrected chi connectivity index (χ1v) is 10.4. The molecule has 0 aliphatic rings. The predicted octanol–water partition coefficient (Wildman–Crippen LogP) is 5.24. The van der Waals surface area contributed by atoms with Gasteiger partial charge >= 0.3 is 6.03 Å². The van der Waals surface area contributed by atoms with Crippen LogP contribution in [0.5, 0.6) is 5.75 Å².